The molecule has 22 heavy (non-hydrogen) atoms. The topological polar surface area (TPSA) is 52.7 Å². The summed E-state index contributed by atoms with van der Waals surface area (Å²) in [5.41, 5.74) is 0.283. The van der Waals surface area contributed by atoms with Crippen LogP contribution in [0.1, 0.15) is 6.42 Å². The summed E-state index contributed by atoms with van der Waals surface area (Å²) in [6.45, 7) is 0.425. The van der Waals surface area contributed by atoms with Crippen LogP contribution in [0.3, 0.4) is 0 Å². The highest BCUT2D eigenvalue weighted by Gasteiger charge is 2.39. The minimum absolute atomic E-state index is 0.0706. The van der Waals surface area contributed by atoms with E-state index in [0.717, 1.165) is 11.6 Å². The molecule has 7 heteroatoms. The van der Waals surface area contributed by atoms with E-state index >= 15 is 0 Å². The van der Waals surface area contributed by atoms with Crippen molar-refractivity contribution in [3.8, 4) is 0 Å². The molecular formula is C15H18FN3O2S. The molecule has 2 heterocycles. The molecule has 0 saturated carbocycles. The Balaban J connectivity index is 1.73. The quantitative estimate of drug-likeness (QED) is 0.903. The van der Waals surface area contributed by atoms with Crippen LogP contribution in [0.2, 0.25) is 0 Å². The van der Waals surface area contributed by atoms with Crippen LogP contribution >= 0.6 is 11.8 Å². The molecule has 5 nitrogen and oxygen atoms in total. The molecule has 2 aliphatic heterocycles. The molecule has 0 aliphatic carbocycles. The molecule has 1 aromatic carbocycles. The highest BCUT2D eigenvalue weighted by Crippen LogP contribution is 2.26. The molecule has 2 atom stereocenters. The van der Waals surface area contributed by atoms with Gasteiger partial charge in [-0.2, -0.15) is 0 Å². The van der Waals surface area contributed by atoms with Crippen LogP contribution in [-0.4, -0.2) is 54.0 Å². The van der Waals surface area contributed by atoms with E-state index in [1.807, 2.05) is 0 Å². The number of para-hydroxylation sites is 1. The highest BCUT2D eigenvalue weighted by molar-refractivity contribution is 7.99. The number of likely N-dealkylation sites (N-methyl/N-ethyl adjacent to an activating group) is 1. The molecule has 0 bridgehead atoms. The van der Waals surface area contributed by atoms with E-state index < -0.39 is 11.9 Å². The fraction of sp³-hybridized carbons (Fsp3) is 0.467. The van der Waals surface area contributed by atoms with Gasteiger partial charge >= 0.3 is 0 Å². The molecule has 2 unspecified atom stereocenters. The van der Waals surface area contributed by atoms with Crippen molar-refractivity contribution in [3.05, 3.63) is 30.1 Å². The minimum Gasteiger partial charge on any atom is -0.332 e. The first kappa shape index (κ1) is 15.3. The number of benzene rings is 1. The molecule has 1 aromatic rings. The van der Waals surface area contributed by atoms with E-state index in [4.69, 9.17) is 0 Å². The zero-order valence-electron chi connectivity index (χ0n) is 12.3. The van der Waals surface area contributed by atoms with Gasteiger partial charge in [-0.1, -0.05) is 12.1 Å². The third-order valence-corrected chi connectivity index (χ3v) is 5.09. The maximum Gasteiger partial charge on any atom is 0.249 e. The van der Waals surface area contributed by atoms with Crippen LogP contribution in [0.15, 0.2) is 24.3 Å². The Morgan fingerprint density at radius 3 is 2.91 bits per heavy atom. The molecule has 2 fully saturated rings. The van der Waals surface area contributed by atoms with Crippen LogP contribution in [0, 0.1) is 5.82 Å². The summed E-state index contributed by atoms with van der Waals surface area (Å²) in [6, 6.07) is 5.48. The van der Waals surface area contributed by atoms with E-state index in [9.17, 15) is 14.0 Å². The second-order valence-corrected chi connectivity index (χ2v) is 6.50. The first-order valence-electron chi connectivity index (χ1n) is 7.23. The molecule has 3 rings (SSSR count). The van der Waals surface area contributed by atoms with E-state index in [-0.39, 0.29) is 23.5 Å². The van der Waals surface area contributed by atoms with Gasteiger partial charge in [0, 0.05) is 25.2 Å². The number of nitrogens with one attached hydrogen (secondary N) is 1. The maximum atomic E-state index is 13.9. The Kier molecular flexibility index (Phi) is 4.35. The van der Waals surface area contributed by atoms with Crippen molar-refractivity contribution in [2.45, 2.75) is 18.5 Å². The van der Waals surface area contributed by atoms with E-state index in [1.165, 1.54) is 15.9 Å². The number of thioether (sulfide) groups is 1. The molecule has 1 N–H and O–H groups in total. The SMILES string of the molecule is CN(C(=O)C1CSCN1)C1CCN(c2ccccc2F)C1=O. The van der Waals surface area contributed by atoms with E-state index in [1.54, 1.807) is 37.0 Å². The predicted octanol–water partition coefficient (Wildman–Crippen LogP) is 1.05. The number of rotatable bonds is 3. The van der Waals surface area contributed by atoms with Gasteiger partial charge in [-0.25, -0.2) is 4.39 Å². The summed E-state index contributed by atoms with van der Waals surface area (Å²) < 4.78 is 13.9. The van der Waals surface area contributed by atoms with E-state index in [2.05, 4.69) is 5.32 Å². The van der Waals surface area contributed by atoms with Crippen LogP contribution in [0.4, 0.5) is 10.1 Å². The van der Waals surface area contributed by atoms with Gasteiger partial charge in [0.05, 0.1) is 11.7 Å². The third-order valence-electron chi connectivity index (χ3n) is 4.15. The maximum absolute atomic E-state index is 13.9. The van der Waals surface area contributed by atoms with Crippen LogP contribution < -0.4 is 10.2 Å². The molecule has 118 valence electrons. The number of hydrogen-bond acceptors (Lipinski definition) is 4. The van der Waals surface area contributed by atoms with Gasteiger partial charge in [-0.3, -0.25) is 14.9 Å². The first-order valence-corrected chi connectivity index (χ1v) is 8.39. The smallest absolute Gasteiger partial charge is 0.249 e. The van der Waals surface area contributed by atoms with Crippen molar-refractivity contribution in [3.63, 3.8) is 0 Å². The lowest BCUT2D eigenvalue weighted by molar-refractivity contribution is -0.137. The summed E-state index contributed by atoms with van der Waals surface area (Å²) in [4.78, 5) is 27.9. The van der Waals surface area contributed by atoms with Crippen LogP contribution in [0.5, 0.6) is 0 Å². The Labute approximate surface area is 132 Å². The summed E-state index contributed by atoms with van der Waals surface area (Å²) in [5, 5.41) is 3.11. The fourth-order valence-electron chi connectivity index (χ4n) is 2.89. The number of nitrogens with zero attached hydrogens (tertiary/aromatic N) is 2. The standard InChI is InChI=1S/C15H18FN3O2S/c1-18(14(20)11-8-22-9-17-11)13-6-7-19(15(13)21)12-5-3-2-4-10(12)16/h2-5,11,13,17H,6-9H2,1H3. The molecule has 0 aromatic heterocycles. The molecular weight excluding hydrogens is 305 g/mol. The van der Waals surface area contributed by atoms with Gasteiger partial charge in [-0.15, -0.1) is 11.8 Å². The monoisotopic (exact) mass is 323 g/mol. The molecule has 0 radical (unpaired) electrons. The van der Waals surface area contributed by atoms with Gasteiger partial charge in [0.25, 0.3) is 0 Å². The number of carbonyl (C=O) groups excluding carboxylic acids is 2. The largest absolute Gasteiger partial charge is 0.332 e. The van der Waals surface area contributed by atoms with Gasteiger partial charge in [0.1, 0.15) is 11.9 Å². The molecule has 2 saturated heterocycles. The number of amides is 2. The Morgan fingerprint density at radius 1 is 1.45 bits per heavy atom. The predicted molar refractivity (Wildman–Crippen MR) is 84.2 cm³/mol. The van der Waals surface area contributed by atoms with Gasteiger partial charge in [0.15, 0.2) is 0 Å². The number of hydrogen-bond donors (Lipinski definition) is 1. The fourth-order valence-corrected chi connectivity index (χ4v) is 3.82. The second-order valence-electron chi connectivity index (χ2n) is 5.47. The van der Waals surface area contributed by atoms with Crippen molar-refractivity contribution in [1.29, 1.82) is 0 Å². The van der Waals surface area contributed by atoms with Crippen molar-refractivity contribution < 1.29 is 14.0 Å². The first-order chi connectivity index (χ1) is 10.6. The Morgan fingerprint density at radius 2 is 2.23 bits per heavy atom. The van der Waals surface area contributed by atoms with Crippen LogP contribution in [0.25, 0.3) is 0 Å². The summed E-state index contributed by atoms with van der Waals surface area (Å²) in [5.74, 6) is 0.773. The number of carbonyl (C=O) groups is 2. The third kappa shape index (κ3) is 2.70. The van der Waals surface area contributed by atoms with Gasteiger partial charge in [-0.05, 0) is 18.6 Å². The lowest BCUT2D eigenvalue weighted by Crippen LogP contribution is -2.50. The van der Waals surface area contributed by atoms with Crippen molar-refractivity contribution in [2.75, 3.05) is 30.1 Å². The molecule has 0 spiro atoms. The van der Waals surface area contributed by atoms with Gasteiger partial charge < -0.3 is 9.80 Å². The summed E-state index contributed by atoms with van der Waals surface area (Å²) >= 11 is 1.67. The zero-order valence-corrected chi connectivity index (χ0v) is 13.1. The van der Waals surface area contributed by atoms with Crippen molar-refractivity contribution >= 4 is 29.3 Å². The van der Waals surface area contributed by atoms with Crippen molar-refractivity contribution in [2.24, 2.45) is 0 Å². The van der Waals surface area contributed by atoms with Crippen molar-refractivity contribution in [1.82, 2.24) is 10.2 Å². The molecule has 2 amide bonds. The van der Waals surface area contributed by atoms with Gasteiger partial charge in [0.2, 0.25) is 11.8 Å². The Hall–Kier alpha value is -1.60. The normalized spacial score (nSPS) is 24.8. The lowest BCUT2D eigenvalue weighted by Gasteiger charge is -2.26. The summed E-state index contributed by atoms with van der Waals surface area (Å²) in [7, 11) is 1.65. The average Bonchev–Trinajstić information content (AvgIpc) is 3.16. The number of anilines is 1. The van der Waals surface area contributed by atoms with Crippen LogP contribution in [-0.2, 0) is 9.59 Å². The highest BCUT2D eigenvalue weighted by atomic mass is 32.2. The average molecular weight is 323 g/mol. The summed E-state index contributed by atoms with van der Waals surface area (Å²) in [6.07, 6.45) is 0.523. The second kappa shape index (κ2) is 6.26. The van der Waals surface area contributed by atoms with E-state index in [0.29, 0.717) is 13.0 Å². The Bertz CT molecular complexity index is 592. The minimum atomic E-state index is -0.514. The zero-order chi connectivity index (χ0) is 15.7. The lowest BCUT2D eigenvalue weighted by atomic mass is 10.2. The number of halogens is 1. The molecule has 2 aliphatic rings.